The number of carbonyl (C=O) groups excluding carboxylic acids is 2. The highest BCUT2D eigenvalue weighted by Gasteiger charge is 2.34. The van der Waals surface area contributed by atoms with Crippen LogP contribution < -0.4 is 18.9 Å². The third-order valence-corrected chi connectivity index (χ3v) is 8.18. The summed E-state index contributed by atoms with van der Waals surface area (Å²) in [4.78, 5) is 25.4. The number of fused-ring (bicyclic) bond motifs is 1. The molecule has 10 heteroatoms. The van der Waals surface area contributed by atoms with Crippen LogP contribution in [0.3, 0.4) is 0 Å². The molecule has 4 rings (SSSR count). The first-order valence-corrected chi connectivity index (χ1v) is 12.9. The van der Waals surface area contributed by atoms with Gasteiger partial charge >= 0.3 is 11.9 Å². The van der Waals surface area contributed by atoms with E-state index in [4.69, 9.17) is 42.1 Å². The zero-order valence-corrected chi connectivity index (χ0v) is 22.4. The van der Waals surface area contributed by atoms with Crippen LogP contribution in [0.15, 0.2) is 71.7 Å². The lowest BCUT2D eigenvalue weighted by Crippen LogP contribution is -2.25. The van der Waals surface area contributed by atoms with Gasteiger partial charge < -0.3 is 18.9 Å². The van der Waals surface area contributed by atoms with Crippen molar-refractivity contribution >= 4 is 56.7 Å². The maximum Gasteiger partial charge on any atom is 0.345 e. The van der Waals surface area contributed by atoms with Crippen molar-refractivity contribution in [1.82, 2.24) is 0 Å². The highest BCUT2D eigenvalue weighted by molar-refractivity contribution is 7.88. The summed E-state index contributed by atoms with van der Waals surface area (Å²) in [5.41, 5.74) is 0.126. The minimum absolute atomic E-state index is 0.00401. The number of esters is 2. The van der Waals surface area contributed by atoms with Crippen molar-refractivity contribution in [3.8, 4) is 23.0 Å². The third kappa shape index (κ3) is 5.23. The molecule has 0 saturated heterocycles. The first kappa shape index (κ1) is 26.7. The second-order valence-corrected chi connectivity index (χ2v) is 11.0. The van der Waals surface area contributed by atoms with Gasteiger partial charge in [0.1, 0.15) is 4.21 Å². The minimum atomic E-state index is -1.70. The Morgan fingerprint density at radius 1 is 0.919 bits per heavy atom. The summed E-state index contributed by atoms with van der Waals surface area (Å²) in [5, 5.41) is 0.844. The fraction of sp³-hybridized carbons (Fsp3) is 0.185. The van der Waals surface area contributed by atoms with Gasteiger partial charge in [-0.3, -0.25) is 9.00 Å². The minimum Gasteiger partial charge on any atom is -0.490 e. The third-order valence-electron chi connectivity index (χ3n) is 5.55. The smallest absolute Gasteiger partial charge is 0.345 e. The molecular formula is C27H22Cl2O7S. The van der Waals surface area contributed by atoms with Crippen molar-refractivity contribution in [3.63, 3.8) is 0 Å². The van der Waals surface area contributed by atoms with Crippen LogP contribution >= 0.6 is 23.2 Å². The Bertz CT molecular complexity index is 1480. The predicted molar refractivity (Wildman–Crippen MR) is 143 cm³/mol. The average molecular weight is 561 g/mol. The molecule has 0 N–H and O–H groups in total. The summed E-state index contributed by atoms with van der Waals surface area (Å²) in [6.07, 6.45) is 7.42. The predicted octanol–water partition coefficient (Wildman–Crippen LogP) is 6.21. The molecule has 1 aliphatic rings. The first-order valence-electron chi connectivity index (χ1n) is 11.0. The van der Waals surface area contributed by atoms with E-state index in [1.165, 1.54) is 27.2 Å². The zero-order chi connectivity index (χ0) is 26.7. The van der Waals surface area contributed by atoms with E-state index >= 15 is 0 Å². The van der Waals surface area contributed by atoms with E-state index in [9.17, 15) is 13.8 Å². The second-order valence-electron chi connectivity index (χ2n) is 7.94. The van der Waals surface area contributed by atoms with E-state index in [1.54, 1.807) is 48.6 Å². The van der Waals surface area contributed by atoms with Gasteiger partial charge in [0, 0.05) is 29.0 Å². The van der Waals surface area contributed by atoms with Gasteiger partial charge in [0.15, 0.2) is 11.5 Å². The molecular weight excluding hydrogens is 539 g/mol. The van der Waals surface area contributed by atoms with Crippen LogP contribution in [-0.4, -0.2) is 34.6 Å². The molecule has 0 spiro atoms. The van der Waals surface area contributed by atoms with E-state index in [0.29, 0.717) is 16.7 Å². The van der Waals surface area contributed by atoms with Crippen molar-refractivity contribution in [2.24, 2.45) is 0 Å². The Morgan fingerprint density at radius 2 is 1.59 bits per heavy atom. The summed E-state index contributed by atoms with van der Waals surface area (Å²) in [7, 11) is 1.01. The summed E-state index contributed by atoms with van der Waals surface area (Å²) in [6.45, 7) is 1.24. The van der Waals surface area contributed by atoms with E-state index in [1.807, 2.05) is 12.2 Å². The van der Waals surface area contributed by atoms with Crippen LogP contribution in [0.25, 0.3) is 10.8 Å². The number of rotatable bonds is 7. The highest BCUT2D eigenvalue weighted by Crippen LogP contribution is 2.52. The number of hydrogen-bond donors (Lipinski definition) is 0. The van der Waals surface area contributed by atoms with Gasteiger partial charge in [-0.05, 0) is 30.3 Å². The SMILES string of the molecule is COc1c(OC)c(OC(=O)c2ccccc2Cl)c2cc(S(=O)C3(Cl)C=CC=CC3)ccc2c1OC(C)=O. The molecule has 0 amide bonds. The molecule has 1 aliphatic carbocycles. The number of methoxy groups -OCH3 is 2. The normalized spacial score (nSPS) is 17.3. The number of halogens is 2. The molecule has 0 aromatic heterocycles. The molecule has 192 valence electrons. The summed E-state index contributed by atoms with van der Waals surface area (Å²) < 4.78 is 34.7. The van der Waals surface area contributed by atoms with Gasteiger partial charge in [0.05, 0.1) is 35.6 Å². The zero-order valence-electron chi connectivity index (χ0n) is 20.1. The number of carbonyl (C=O) groups is 2. The monoisotopic (exact) mass is 560 g/mol. The molecule has 2 unspecified atom stereocenters. The van der Waals surface area contributed by atoms with E-state index in [-0.39, 0.29) is 39.0 Å². The van der Waals surface area contributed by atoms with Gasteiger partial charge in [0.2, 0.25) is 11.5 Å². The van der Waals surface area contributed by atoms with Gasteiger partial charge in [-0.15, -0.1) is 0 Å². The number of alkyl halides is 1. The Labute approximate surface area is 226 Å². The Kier molecular flexibility index (Phi) is 7.92. The fourth-order valence-electron chi connectivity index (χ4n) is 3.88. The summed E-state index contributed by atoms with van der Waals surface area (Å²) >= 11 is 12.9. The lowest BCUT2D eigenvalue weighted by atomic mass is 10.1. The molecule has 0 fully saturated rings. The average Bonchev–Trinajstić information content (AvgIpc) is 2.89. The van der Waals surface area contributed by atoms with E-state index in [2.05, 4.69) is 0 Å². The van der Waals surface area contributed by atoms with Crippen molar-refractivity contribution in [3.05, 3.63) is 77.4 Å². The quantitative estimate of drug-likeness (QED) is 0.192. The van der Waals surface area contributed by atoms with Crippen LogP contribution in [0.4, 0.5) is 0 Å². The lowest BCUT2D eigenvalue weighted by molar-refractivity contribution is -0.131. The molecule has 0 bridgehead atoms. The second kappa shape index (κ2) is 11.0. The fourth-order valence-corrected chi connectivity index (χ4v) is 5.78. The maximum absolute atomic E-state index is 13.5. The molecule has 0 saturated carbocycles. The molecule has 0 radical (unpaired) electrons. The largest absolute Gasteiger partial charge is 0.490 e. The van der Waals surface area contributed by atoms with Crippen molar-refractivity contribution in [2.75, 3.05) is 14.2 Å². The lowest BCUT2D eigenvalue weighted by Gasteiger charge is -2.24. The van der Waals surface area contributed by atoms with E-state index < -0.39 is 26.9 Å². The topological polar surface area (TPSA) is 88.1 Å². The van der Waals surface area contributed by atoms with Crippen LogP contribution in [-0.2, 0) is 15.6 Å². The summed E-state index contributed by atoms with van der Waals surface area (Å²) in [6, 6.07) is 11.2. The Morgan fingerprint density at radius 3 is 2.19 bits per heavy atom. The number of hydrogen-bond acceptors (Lipinski definition) is 7. The van der Waals surface area contributed by atoms with Crippen molar-refractivity contribution in [2.45, 2.75) is 22.4 Å². The van der Waals surface area contributed by atoms with Crippen LogP contribution in [0, 0.1) is 0 Å². The molecule has 2 atom stereocenters. The van der Waals surface area contributed by atoms with Crippen LogP contribution in [0.2, 0.25) is 5.02 Å². The molecule has 7 nitrogen and oxygen atoms in total. The van der Waals surface area contributed by atoms with Gasteiger partial charge in [-0.2, -0.15) is 0 Å². The number of benzene rings is 3. The molecule has 3 aromatic rings. The summed E-state index contributed by atoms with van der Waals surface area (Å²) in [5.74, 6) is -1.30. The Hall–Kier alpha value is -3.33. The molecule has 37 heavy (non-hydrogen) atoms. The van der Waals surface area contributed by atoms with Gasteiger partial charge in [-0.25, -0.2) is 4.79 Å². The molecule has 0 heterocycles. The number of allylic oxidation sites excluding steroid dienone is 3. The van der Waals surface area contributed by atoms with Gasteiger partial charge in [0.25, 0.3) is 0 Å². The van der Waals surface area contributed by atoms with Gasteiger partial charge in [-0.1, -0.05) is 59.6 Å². The number of ether oxygens (including phenoxy) is 4. The highest BCUT2D eigenvalue weighted by atomic mass is 35.5. The van der Waals surface area contributed by atoms with Crippen molar-refractivity contribution in [1.29, 1.82) is 0 Å². The Balaban J connectivity index is 1.96. The van der Waals surface area contributed by atoms with Crippen LogP contribution in [0.5, 0.6) is 23.0 Å². The first-order chi connectivity index (χ1) is 17.7. The van der Waals surface area contributed by atoms with E-state index in [0.717, 1.165) is 0 Å². The van der Waals surface area contributed by atoms with Crippen LogP contribution in [0.1, 0.15) is 23.7 Å². The standard InChI is InChI=1S/C27H22Cl2O7S/c1-16(30)35-22-18-12-11-17(37(32)27(29)13-7-4-8-14-27)15-20(18)23(25(34-3)24(22)33-2)36-26(31)19-9-5-6-10-21(19)28/h4-13,15H,14H2,1-3H3. The van der Waals surface area contributed by atoms with Crippen molar-refractivity contribution < 1.29 is 32.7 Å². The molecule has 0 aliphatic heterocycles. The molecule has 3 aromatic carbocycles. The maximum atomic E-state index is 13.5.